The van der Waals surface area contributed by atoms with Crippen LogP contribution in [0.2, 0.25) is 0 Å². The standard InChI is InChI=1S/C12H20N2O.Y/c15-12(14-8-4-5-9-14)10-13-11-6-2-1-3-7-11;/h2-3,11,13H,1,4-10H2;/q-2;. The summed E-state index contributed by atoms with van der Waals surface area (Å²) in [6.07, 6.45) is 10.2. The summed E-state index contributed by atoms with van der Waals surface area (Å²) in [5, 5.41) is 3.34. The molecular formula is C12H20N2OY-2. The van der Waals surface area contributed by atoms with Crippen LogP contribution in [0, 0.1) is 12.8 Å². The van der Waals surface area contributed by atoms with Crippen LogP contribution in [0.3, 0.4) is 0 Å². The van der Waals surface area contributed by atoms with Crippen LogP contribution in [-0.4, -0.2) is 36.5 Å². The van der Waals surface area contributed by atoms with E-state index in [4.69, 9.17) is 0 Å². The van der Waals surface area contributed by atoms with E-state index in [9.17, 15) is 4.79 Å². The zero-order valence-corrected chi connectivity index (χ0v) is 12.7. The minimum atomic E-state index is 0. The first-order valence-corrected chi connectivity index (χ1v) is 6.01. The number of carbonyl (C=O) groups is 1. The van der Waals surface area contributed by atoms with Gasteiger partial charge in [-0.25, -0.2) is 0 Å². The van der Waals surface area contributed by atoms with Gasteiger partial charge in [-0.2, -0.15) is 12.8 Å². The van der Waals surface area contributed by atoms with Crippen molar-refractivity contribution in [3.63, 3.8) is 0 Å². The third kappa shape index (κ3) is 4.42. The quantitative estimate of drug-likeness (QED) is 0.793. The van der Waals surface area contributed by atoms with Crippen molar-refractivity contribution in [3.8, 4) is 0 Å². The van der Waals surface area contributed by atoms with E-state index in [1.165, 1.54) is 12.8 Å². The minimum Gasteiger partial charge on any atom is -0.356 e. The second-order valence-corrected chi connectivity index (χ2v) is 4.45. The molecule has 1 saturated carbocycles. The molecule has 89 valence electrons. The second-order valence-electron chi connectivity index (χ2n) is 4.45. The van der Waals surface area contributed by atoms with Crippen molar-refractivity contribution in [2.24, 2.45) is 0 Å². The molecule has 2 fully saturated rings. The Morgan fingerprint density at radius 2 is 1.88 bits per heavy atom. The summed E-state index contributed by atoms with van der Waals surface area (Å²) in [6, 6.07) is 0.491. The van der Waals surface area contributed by atoms with E-state index in [1.807, 2.05) is 4.90 Å². The summed E-state index contributed by atoms with van der Waals surface area (Å²) in [4.78, 5) is 13.7. The van der Waals surface area contributed by atoms with E-state index < -0.39 is 0 Å². The second kappa shape index (κ2) is 7.78. The first kappa shape index (κ1) is 14.6. The van der Waals surface area contributed by atoms with Gasteiger partial charge in [0, 0.05) is 45.8 Å². The Kier molecular flexibility index (Phi) is 7.10. The molecule has 0 aromatic rings. The molecule has 0 atom stereocenters. The summed E-state index contributed by atoms with van der Waals surface area (Å²) in [5.41, 5.74) is 0. The van der Waals surface area contributed by atoms with Crippen LogP contribution < -0.4 is 5.32 Å². The molecule has 16 heavy (non-hydrogen) atoms. The molecule has 1 saturated heterocycles. The maximum atomic E-state index is 11.7. The van der Waals surface area contributed by atoms with Crippen molar-refractivity contribution in [2.45, 2.75) is 38.1 Å². The average molecular weight is 297 g/mol. The van der Waals surface area contributed by atoms with Gasteiger partial charge in [-0.15, -0.1) is 0 Å². The van der Waals surface area contributed by atoms with E-state index >= 15 is 0 Å². The number of hydrogen-bond donors (Lipinski definition) is 1. The van der Waals surface area contributed by atoms with Crippen LogP contribution in [0.4, 0.5) is 0 Å². The molecule has 1 aliphatic carbocycles. The number of amides is 1. The molecule has 1 heterocycles. The minimum absolute atomic E-state index is 0. The van der Waals surface area contributed by atoms with Crippen LogP contribution in [0.25, 0.3) is 0 Å². The maximum absolute atomic E-state index is 11.7. The topological polar surface area (TPSA) is 32.3 Å². The number of nitrogens with one attached hydrogen (secondary N) is 1. The van der Waals surface area contributed by atoms with Crippen molar-refractivity contribution >= 4 is 5.91 Å². The van der Waals surface area contributed by atoms with Crippen LogP contribution in [-0.2, 0) is 37.5 Å². The van der Waals surface area contributed by atoms with E-state index in [2.05, 4.69) is 18.2 Å². The molecule has 0 aromatic carbocycles. The summed E-state index contributed by atoms with van der Waals surface area (Å²) in [6.45, 7) is 2.44. The number of likely N-dealkylation sites (tertiary alicyclic amines) is 1. The average Bonchev–Trinajstić information content (AvgIpc) is 2.81. The van der Waals surface area contributed by atoms with E-state index in [0.29, 0.717) is 12.6 Å². The fraction of sp³-hybridized carbons (Fsp3) is 0.750. The molecule has 1 amide bonds. The first-order chi connectivity index (χ1) is 7.36. The Morgan fingerprint density at radius 1 is 1.25 bits per heavy atom. The van der Waals surface area contributed by atoms with Gasteiger partial charge in [-0.3, -0.25) is 4.79 Å². The predicted octanol–water partition coefficient (Wildman–Crippen LogP) is 1.16. The largest absolute Gasteiger partial charge is 0.356 e. The molecule has 2 rings (SSSR count). The van der Waals surface area contributed by atoms with Crippen molar-refractivity contribution in [1.82, 2.24) is 10.2 Å². The van der Waals surface area contributed by atoms with Crippen LogP contribution >= 0.6 is 0 Å². The molecule has 4 heteroatoms. The smallest absolute Gasteiger partial charge is 0.236 e. The molecule has 0 spiro atoms. The predicted molar refractivity (Wildman–Crippen MR) is 60.1 cm³/mol. The summed E-state index contributed by atoms with van der Waals surface area (Å²) in [7, 11) is 0. The molecule has 1 aliphatic heterocycles. The fourth-order valence-electron chi connectivity index (χ4n) is 2.29. The van der Waals surface area contributed by atoms with Gasteiger partial charge >= 0.3 is 0 Å². The first-order valence-electron chi connectivity index (χ1n) is 6.01. The Labute approximate surface area is 124 Å². The maximum Gasteiger partial charge on any atom is 0.236 e. The summed E-state index contributed by atoms with van der Waals surface area (Å²) in [5.74, 6) is 0.276. The van der Waals surface area contributed by atoms with Crippen LogP contribution in [0.5, 0.6) is 0 Å². The third-order valence-electron chi connectivity index (χ3n) is 3.24. The molecule has 3 nitrogen and oxygen atoms in total. The van der Waals surface area contributed by atoms with Gasteiger partial charge in [-0.05, 0) is 18.9 Å². The summed E-state index contributed by atoms with van der Waals surface area (Å²) >= 11 is 0. The molecule has 1 radical (unpaired) electrons. The van der Waals surface area contributed by atoms with Gasteiger partial charge in [0.25, 0.3) is 0 Å². The van der Waals surface area contributed by atoms with E-state index in [0.717, 1.165) is 32.4 Å². The van der Waals surface area contributed by atoms with Gasteiger partial charge in [0.15, 0.2) is 0 Å². The SMILES string of the molecule is O=C(CNC1C[CH-]C[CH-]C1)N1CCCC1.[Y]. The Hall–Kier alpha value is 0.534. The van der Waals surface area contributed by atoms with E-state index in [-0.39, 0.29) is 38.6 Å². The molecular weight excluding hydrogens is 277 g/mol. The fourth-order valence-corrected chi connectivity index (χ4v) is 2.29. The van der Waals surface area contributed by atoms with E-state index in [1.54, 1.807) is 0 Å². The van der Waals surface area contributed by atoms with Crippen LogP contribution in [0.15, 0.2) is 0 Å². The number of carbonyl (C=O) groups excluding carboxylic acids is 1. The Bertz CT molecular complexity index is 211. The van der Waals surface area contributed by atoms with Crippen molar-refractivity contribution in [1.29, 1.82) is 0 Å². The molecule has 0 aromatic heterocycles. The number of nitrogens with zero attached hydrogens (tertiary/aromatic N) is 1. The Balaban J connectivity index is 0.00000128. The van der Waals surface area contributed by atoms with Gasteiger partial charge in [0.1, 0.15) is 0 Å². The molecule has 1 N–H and O–H groups in total. The van der Waals surface area contributed by atoms with Crippen molar-refractivity contribution in [2.75, 3.05) is 19.6 Å². The van der Waals surface area contributed by atoms with Gasteiger partial charge < -0.3 is 29.5 Å². The normalized spacial score (nSPS) is 21.9. The van der Waals surface area contributed by atoms with Gasteiger partial charge in [0.2, 0.25) is 5.91 Å². The Morgan fingerprint density at radius 3 is 2.50 bits per heavy atom. The van der Waals surface area contributed by atoms with Crippen LogP contribution in [0.1, 0.15) is 32.1 Å². The monoisotopic (exact) mass is 297 g/mol. The molecule has 0 bridgehead atoms. The van der Waals surface area contributed by atoms with Crippen molar-refractivity contribution < 1.29 is 37.5 Å². The zero-order valence-electron chi connectivity index (χ0n) is 9.82. The van der Waals surface area contributed by atoms with Gasteiger partial charge in [0.05, 0.1) is 6.54 Å². The van der Waals surface area contributed by atoms with Crippen molar-refractivity contribution in [3.05, 3.63) is 12.8 Å². The van der Waals surface area contributed by atoms with Gasteiger partial charge in [-0.1, -0.05) is 0 Å². The summed E-state index contributed by atoms with van der Waals surface area (Å²) < 4.78 is 0. The zero-order chi connectivity index (χ0) is 10.5. The number of rotatable bonds is 3. The molecule has 2 aliphatic rings. The number of hydrogen-bond acceptors (Lipinski definition) is 2. The third-order valence-corrected chi connectivity index (χ3v) is 3.24. The molecule has 0 unspecified atom stereocenters.